The molecule has 0 saturated carbocycles. The van der Waals surface area contributed by atoms with Crippen molar-refractivity contribution in [3.63, 3.8) is 0 Å². The normalized spacial score (nSPS) is 11.5. The molecule has 0 fully saturated rings. The summed E-state index contributed by atoms with van der Waals surface area (Å²) >= 11 is 0. The lowest BCUT2D eigenvalue weighted by Gasteiger charge is -1.90. The number of hydrogen-bond acceptors (Lipinski definition) is 2. The molecule has 3 aromatic heterocycles. The average Bonchev–Trinajstić information content (AvgIpc) is 2.82. The summed E-state index contributed by atoms with van der Waals surface area (Å²) in [6, 6.07) is 0. The standard InChI is InChI=1S/C9H9N5/c1-2-13-5-11-7-8-10-3-4-14(8)6-12-9(7)13/h3-6H,2H2,1H3/p+1. The molecule has 5 heteroatoms. The zero-order valence-electron chi connectivity index (χ0n) is 7.81. The Morgan fingerprint density at radius 1 is 1.50 bits per heavy atom. The van der Waals surface area contributed by atoms with Crippen LogP contribution in [0.15, 0.2) is 25.0 Å². The minimum atomic E-state index is 0.907. The van der Waals surface area contributed by atoms with E-state index >= 15 is 0 Å². The van der Waals surface area contributed by atoms with Gasteiger partial charge in [0.15, 0.2) is 18.3 Å². The predicted molar refractivity (Wildman–Crippen MR) is 50.7 cm³/mol. The molecule has 0 saturated heterocycles. The summed E-state index contributed by atoms with van der Waals surface area (Å²) in [5.74, 6) is 0. The summed E-state index contributed by atoms with van der Waals surface area (Å²) in [4.78, 5) is 11.8. The summed E-state index contributed by atoms with van der Waals surface area (Å²) in [5.41, 5.74) is 2.85. The van der Waals surface area contributed by atoms with E-state index < -0.39 is 0 Å². The fourth-order valence-corrected chi connectivity index (χ4v) is 1.67. The Morgan fingerprint density at radius 2 is 2.43 bits per heavy atom. The molecule has 0 atom stereocenters. The van der Waals surface area contributed by atoms with Gasteiger partial charge in [-0.3, -0.25) is 9.38 Å². The van der Waals surface area contributed by atoms with Gasteiger partial charge in [0.1, 0.15) is 0 Å². The number of fused-ring (bicyclic) bond motifs is 3. The van der Waals surface area contributed by atoms with Crippen molar-refractivity contribution in [1.82, 2.24) is 19.4 Å². The molecule has 0 bridgehead atoms. The number of aromatic nitrogens is 5. The monoisotopic (exact) mass is 188 g/mol. The highest BCUT2D eigenvalue weighted by molar-refractivity contribution is 5.82. The molecule has 0 aliphatic rings. The molecule has 0 radical (unpaired) electrons. The fourth-order valence-electron chi connectivity index (χ4n) is 1.67. The van der Waals surface area contributed by atoms with Gasteiger partial charge in [-0.1, -0.05) is 4.98 Å². The van der Waals surface area contributed by atoms with Gasteiger partial charge in [0.05, 0.1) is 6.54 Å². The van der Waals surface area contributed by atoms with Crippen LogP contribution in [0.1, 0.15) is 6.92 Å². The summed E-state index contributed by atoms with van der Waals surface area (Å²) in [6.45, 7) is 2.99. The Bertz CT molecular complexity index is 591. The molecule has 0 spiro atoms. The summed E-state index contributed by atoms with van der Waals surface area (Å²) in [7, 11) is 0. The first kappa shape index (κ1) is 7.49. The van der Waals surface area contributed by atoms with Gasteiger partial charge in [0.25, 0.3) is 0 Å². The van der Waals surface area contributed by atoms with E-state index in [1.165, 1.54) is 0 Å². The largest absolute Gasteiger partial charge is 0.307 e. The second-order valence-electron chi connectivity index (χ2n) is 3.16. The van der Waals surface area contributed by atoms with E-state index in [1.807, 2.05) is 16.9 Å². The zero-order valence-corrected chi connectivity index (χ0v) is 7.81. The number of aryl methyl sites for hydroxylation is 1. The average molecular weight is 188 g/mol. The number of hydrogen-bond donors (Lipinski definition) is 1. The van der Waals surface area contributed by atoms with Crippen molar-refractivity contribution in [3.8, 4) is 0 Å². The van der Waals surface area contributed by atoms with Crippen LogP contribution in [0.25, 0.3) is 16.8 Å². The molecule has 3 aromatic rings. The minimum Gasteiger partial charge on any atom is -0.274 e. The van der Waals surface area contributed by atoms with Gasteiger partial charge in [-0.25, -0.2) is 9.55 Å². The van der Waals surface area contributed by atoms with E-state index in [9.17, 15) is 0 Å². The van der Waals surface area contributed by atoms with E-state index in [-0.39, 0.29) is 0 Å². The highest BCUT2D eigenvalue weighted by Crippen LogP contribution is 2.10. The minimum absolute atomic E-state index is 0.907. The van der Waals surface area contributed by atoms with Crippen LogP contribution < -0.4 is 4.57 Å². The molecule has 14 heavy (non-hydrogen) atoms. The van der Waals surface area contributed by atoms with Crippen molar-refractivity contribution >= 4 is 16.8 Å². The van der Waals surface area contributed by atoms with Crippen LogP contribution in [0.2, 0.25) is 0 Å². The van der Waals surface area contributed by atoms with Crippen molar-refractivity contribution in [3.05, 3.63) is 25.0 Å². The lowest BCUT2D eigenvalue weighted by atomic mass is 10.5. The molecule has 70 valence electrons. The molecule has 0 unspecified atom stereocenters. The second kappa shape index (κ2) is 2.54. The third-order valence-electron chi connectivity index (χ3n) is 2.40. The summed E-state index contributed by atoms with van der Waals surface area (Å²) in [6.07, 6.45) is 7.36. The molecule has 0 amide bonds. The molecule has 0 aromatic carbocycles. The van der Waals surface area contributed by atoms with Crippen LogP contribution in [0.4, 0.5) is 0 Å². The van der Waals surface area contributed by atoms with Crippen molar-refractivity contribution in [1.29, 1.82) is 0 Å². The first-order chi connectivity index (χ1) is 6.90. The molecule has 1 N–H and O–H groups in total. The Labute approximate surface area is 80.0 Å². The number of nitrogens with one attached hydrogen (secondary N) is 1. The fraction of sp³-hybridized carbons (Fsp3) is 0.222. The van der Waals surface area contributed by atoms with Crippen LogP contribution >= 0.6 is 0 Å². The number of rotatable bonds is 1. The van der Waals surface area contributed by atoms with Crippen LogP contribution in [0, 0.1) is 0 Å². The number of H-pyrrole nitrogens is 1. The van der Waals surface area contributed by atoms with Gasteiger partial charge in [0.2, 0.25) is 5.52 Å². The van der Waals surface area contributed by atoms with Crippen LogP contribution in [0.5, 0.6) is 0 Å². The van der Waals surface area contributed by atoms with Gasteiger partial charge in [-0.2, -0.15) is 0 Å². The third-order valence-corrected chi connectivity index (χ3v) is 2.40. The summed E-state index contributed by atoms with van der Waals surface area (Å²) in [5, 5.41) is 0. The number of nitrogens with zero attached hydrogens (tertiary/aromatic N) is 4. The van der Waals surface area contributed by atoms with Gasteiger partial charge in [-0.05, 0) is 6.92 Å². The van der Waals surface area contributed by atoms with Crippen LogP contribution in [-0.4, -0.2) is 19.4 Å². The lowest BCUT2D eigenvalue weighted by Crippen LogP contribution is -2.30. The van der Waals surface area contributed by atoms with Gasteiger partial charge >= 0.3 is 5.65 Å². The third kappa shape index (κ3) is 0.810. The Hall–Kier alpha value is -1.91. The molecular weight excluding hydrogens is 178 g/mol. The highest BCUT2D eigenvalue weighted by Gasteiger charge is 2.13. The maximum absolute atomic E-state index is 4.37. The quantitative estimate of drug-likeness (QED) is 0.566. The molecule has 3 rings (SSSR count). The van der Waals surface area contributed by atoms with E-state index in [2.05, 4.69) is 26.4 Å². The van der Waals surface area contributed by atoms with E-state index in [0.717, 1.165) is 23.4 Å². The second-order valence-corrected chi connectivity index (χ2v) is 3.16. The van der Waals surface area contributed by atoms with Crippen LogP contribution in [0.3, 0.4) is 0 Å². The first-order valence-electron chi connectivity index (χ1n) is 4.58. The zero-order chi connectivity index (χ0) is 9.54. The van der Waals surface area contributed by atoms with Crippen molar-refractivity contribution < 1.29 is 4.57 Å². The summed E-state index contributed by atoms with van der Waals surface area (Å²) < 4.78 is 3.96. The topological polar surface area (TPSA) is 49.9 Å². The smallest absolute Gasteiger partial charge is 0.274 e. The maximum atomic E-state index is 4.37. The predicted octanol–water partition coefficient (Wildman–Crippen LogP) is 0.518. The van der Waals surface area contributed by atoms with E-state index in [4.69, 9.17) is 0 Å². The molecule has 0 aliphatic carbocycles. The molecular formula is C9H10N5+. The molecule has 3 heterocycles. The molecule has 0 aliphatic heterocycles. The van der Waals surface area contributed by atoms with E-state index in [1.54, 1.807) is 12.5 Å². The lowest BCUT2D eigenvalue weighted by molar-refractivity contribution is -0.669. The Kier molecular flexibility index (Phi) is 1.36. The van der Waals surface area contributed by atoms with Gasteiger partial charge in [-0.15, -0.1) is 0 Å². The number of imidazole rings is 2. The molecule has 5 nitrogen and oxygen atoms in total. The Morgan fingerprint density at radius 3 is 3.29 bits per heavy atom. The van der Waals surface area contributed by atoms with Gasteiger partial charge < -0.3 is 0 Å². The maximum Gasteiger partial charge on any atom is 0.307 e. The van der Waals surface area contributed by atoms with Gasteiger partial charge in [0, 0.05) is 12.4 Å². The SMILES string of the molecule is CC[n+]1c[nH]c2c3nccn3cnc21. The van der Waals surface area contributed by atoms with Crippen molar-refractivity contribution in [2.24, 2.45) is 0 Å². The van der Waals surface area contributed by atoms with E-state index in [0.29, 0.717) is 0 Å². The number of aromatic amines is 1. The van der Waals surface area contributed by atoms with Crippen LogP contribution in [-0.2, 0) is 6.54 Å². The highest BCUT2D eigenvalue weighted by atomic mass is 15.1. The Balaban J connectivity index is 2.52. The van der Waals surface area contributed by atoms with Crippen molar-refractivity contribution in [2.75, 3.05) is 0 Å². The first-order valence-corrected chi connectivity index (χ1v) is 4.58. The van der Waals surface area contributed by atoms with Crippen molar-refractivity contribution in [2.45, 2.75) is 13.5 Å².